The number of hydrogen-bond acceptors (Lipinski definition) is 3. The first-order chi connectivity index (χ1) is 8.58. The molecule has 0 amide bonds. The third-order valence-corrected chi connectivity index (χ3v) is 2.40. The zero-order chi connectivity index (χ0) is 13.1. The van der Waals surface area contributed by atoms with Crippen molar-refractivity contribution in [1.29, 1.82) is 5.41 Å². The average molecular weight is 245 g/mol. The number of aromatic nitrogens is 1. The van der Waals surface area contributed by atoms with E-state index in [1.807, 2.05) is 0 Å². The van der Waals surface area contributed by atoms with Gasteiger partial charge in [-0.15, -0.1) is 0 Å². The van der Waals surface area contributed by atoms with Crippen LogP contribution in [0.4, 0.5) is 4.39 Å². The summed E-state index contributed by atoms with van der Waals surface area (Å²) < 4.78 is 18.7. The van der Waals surface area contributed by atoms with Gasteiger partial charge in [0.25, 0.3) is 0 Å². The van der Waals surface area contributed by atoms with Crippen LogP contribution in [0, 0.1) is 18.2 Å². The van der Waals surface area contributed by atoms with E-state index in [-0.39, 0.29) is 17.3 Å². The Bertz CT molecular complexity index is 599. The Hall–Kier alpha value is -2.43. The third-order valence-electron chi connectivity index (χ3n) is 2.40. The van der Waals surface area contributed by atoms with Crippen molar-refractivity contribution >= 4 is 5.84 Å². The van der Waals surface area contributed by atoms with Crippen LogP contribution in [-0.2, 0) is 0 Å². The van der Waals surface area contributed by atoms with E-state index in [0.29, 0.717) is 11.5 Å². The molecular formula is C13H12FN3O. The molecule has 18 heavy (non-hydrogen) atoms. The molecule has 5 heteroatoms. The SMILES string of the molecule is Cc1ccc(F)cc1Oc1cccnc1C(=N)N. The van der Waals surface area contributed by atoms with Gasteiger partial charge in [0.15, 0.2) is 5.75 Å². The van der Waals surface area contributed by atoms with E-state index in [1.165, 1.54) is 18.3 Å². The Kier molecular flexibility index (Phi) is 3.23. The van der Waals surface area contributed by atoms with Crippen LogP contribution in [-0.4, -0.2) is 10.8 Å². The summed E-state index contributed by atoms with van der Waals surface area (Å²) in [6.07, 6.45) is 1.52. The molecule has 1 aromatic carbocycles. The number of rotatable bonds is 3. The van der Waals surface area contributed by atoms with E-state index in [1.54, 1.807) is 25.1 Å². The first-order valence-corrected chi connectivity index (χ1v) is 5.31. The summed E-state index contributed by atoms with van der Waals surface area (Å²) in [6, 6.07) is 7.56. The maximum Gasteiger partial charge on any atom is 0.156 e. The lowest BCUT2D eigenvalue weighted by Crippen LogP contribution is -2.14. The highest BCUT2D eigenvalue weighted by Crippen LogP contribution is 2.27. The highest BCUT2D eigenvalue weighted by molar-refractivity contribution is 5.95. The molecule has 92 valence electrons. The van der Waals surface area contributed by atoms with Crippen LogP contribution in [0.25, 0.3) is 0 Å². The molecule has 2 rings (SSSR count). The number of benzene rings is 1. The minimum atomic E-state index is -0.385. The number of halogens is 1. The molecule has 2 aromatic rings. The topological polar surface area (TPSA) is 72.0 Å². The summed E-state index contributed by atoms with van der Waals surface area (Å²) in [6.45, 7) is 1.80. The van der Waals surface area contributed by atoms with Gasteiger partial charge in [-0.2, -0.15) is 0 Å². The van der Waals surface area contributed by atoms with Crippen LogP contribution < -0.4 is 10.5 Å². The number of pyridine rings is 1. The number of amidine groups is 1. The van der Waals surface area contributed by atoms with E-state index >= 15 is 0 Å². The molecule has 3 N–H and O–H groups in total. The number of hydrogen-bond donors (Lipinski definition) is 2. The van der Waals surface area contributed by atoms with Gasteiger partial charge < -0.3 is 10.5 Å². The fourth-order valence-electron chi connectivity index (χ4n) is 1.48. The van der Waals surface area contributed by atoms with Crippen molar-refractivity contribution in [3.63, 3.8) is 0 Å². The van der Waals surface area contributed by atoms with E-state index < -0.39 is 0 Å². The Morgan fingerprint density at radius 3 is 2.83 bits per heavy atom. The number of nitrogens with zero attached hydrogens (tertiary/aromatic N) is 1. The molecule has 0 aliphatic heterocycles. The van der Waals surface area contributed by atoms with Crippen LogP contribution in [0.15, 0.2) is 36.5 Å². The molecule has 0 saturated carbocycles. The van der Waals surface area contributed by atoms with Crippen LogP contribution in [0.2, 0.25) is 0 Å². The number of nitrogen functional groups attached to an aromatic ring is 1. The van der Waals surface area contributed by atoms with Crippen molar-refractivity contribution in [3.8, 4) is 11.5 Å². The van der Waals surface area contributed by atoms with Gasteiger partial charge >= 0.3 is 0 Å². The molecule has 1 heterocycles. The minimum absolute atomic E-state index is 0.195. The highest BCUT2D eigenvalue weighted by atomic mass is 19.1. The van der Waals surface area contributed by atoms with Crippen LogP contribution >= 0.6 is 0 Å². The molecule has 0 bridgehead atoms. The van der Waals surface area contributed by atoms with Gasteiger partial charge in [-0.25, -0.2) is 9.37 Å². The Labute approximate surface area is 104 Å². The van der Waals surface area contributed by atoms with Crippen LogP contribution in [0.5, 0.6) is 11.5 Å². The number of ether oxygens (including phenoxy) is 1. The molecule has 0 saturated heterocycles. The second kappa shape index (κ2) is 4.83. The van der Waals surface area contributed by atoms with Gasteiger partial charge in [0.05, 0.1) is 0 Å². The third kappa shape index (κ3) is 2.45. The maximum absolute atomic E-state index is 13.1. The Morgan fingerprint density at radius 1 is 1.33 bits per heavy atom. The van der Waals surface area contributed by atoms with E-state index in [0.717, 1.165) is 5.56 Å². The predicted molar refractivity (Wildman–Crippen MR) is 66.5 cm³/mol. The monoisotopic (exact) mass is 245 g/mol. The molecule has 0 aliphatic carbocycles. The summed E-state index contributed by atoms with van der Waals surface area (Å²) in [7, 11) is 0. The molecule has 0 unspecified atom stereocenters. The lowest BCUT2D eigenvalue weighted by Gasteiger charge is -2.11. The molecule has 0 aliphatic rings. The van der Waals surface area contributed by atoms with Crippen molar-refractivity contribution < 1.29 is 9.13 Å². The van der Waals surface area contributed by atoms with Crippen LogP contribution in [0.1, 0.15) is 11.3 Å². The molecule has 1 aromatic heterocycles. The molecule has 0 radical (unpaired) electrons. The van der Waals surface area contributed by atoms with Gasteiger partial charge in [0.1, 0.15) is 23.1 Å². The van der Waals surface area contributed by atoms with Gasteiger partial charge in [-0.1, -0.05) is 6.07 Å². The largest absolute Gasteiger partial charge is 0.455 e. The normalized spacial score (nSPS) is 10.1. The second-order valence-corrected chi connectivity index (χ2v) is 3.78. The summed E-state index contributed by atoms with van der Waals surface area (Å²) in [5.74, 6) is 0.132. The zero-order valence-electron chi connectivity index (χ0n) is 9.77. The van der Waals surface area contributed by atoms with E-state index in [4.69, 9.17) is 15.9 Å². The van der Waals surface area contributed by atoms with E-state index in [2.05, 4.69) is 4.98 Å². The number of nitrogens with two attached hydrogens (primary N) is 1. The van der Waals surface area contributed by atoms with Gasteiger partial charge in [-0.05, 0) is 30.7 Å². The van der Waals surface area contributed by atoms with E-state index in [9.17, 15) is 4.39 Å². The van der Waals surface area contributed by atoms with Gasteiger partial charge in [0, 0.05) is 12.3 Å². The van der Waals surface area contributed by atoms with Crippen molar-refractivity contribution in [1.82, 2.24) is 4.98 Å². The summed E-state index contributed by atoms with van der Waals surface area (Å²) in [5.41, 5.74) is 6.43. The zero-order valence-corrected chi connectivity index (χ0v) is 9.77. The standard InChI is InChI=1S/C13H12FN3O/c1-8-4-5-9(14)7-11(8)18-10-3-2-6-17-12(10)13(15)16/h2-7H,1H3,(H3,15,16). The molecule has 0 fully saturated rings. The van der Waals surface area contributed by atoms with Crippen molar-refractivity contribution in [2.45, 2.75) is 6.92 Å². The predicted octanol–water partition coefficient (Wildman–Crippen LogP) is 2.61. The van der Waals surface area contributed by atoms with Crippen molar-refractivity contribution in [3.05, 3.63) is 53.6 Å². The molecule has 0 atom stereocenters. The Morgan fingerprint density at radius 2 is 2.11 bits per heavy atom. The van der Waals surface area contributed by atoms with Gasteiger partial charge in [-0.3, -0.25) is 5.41 Å². The number of aryl methyl sites for hydroxylation is 1. The fraction of sp³-hybridized carbons (Fsp3) is 0.0769. The average Bonchev–Trinajstić information content (AvgIpc) is 2.34. The van der Waals surface area contributed by atoms with Crippen molar-refractivity contribution in [2.24, 2.45) is 5.73 Å². The summed E-state index contributed by atoms with van der Waals surface area (Å²) in [4.78, 5) is 3.96. The highest BCUT2D eigenvalue weighted by Gasteiger charge is 2.10. The minimum Gasteiger partial charge on any atom is -0.455 e. The second-order valence-electron chi connectivity index (χ2n) is 3.78. The van der Waals surface area contributed by atoms with Crippen molar-refractivity contribution in [2.75, 3.05) is 0 Å². The maximum atomic E-state index is 13.1. The summed E-state index contributed by atoms with van der Waals surface area (Å²) in [5, 5.41) is 7.40. The lowest BCUT2D eigenvalue weighted by atomic mass is 10.2. The van der Waals surface area contributed by atoms with Crippen LogP contribution in [0.3, 0.4) is 0 Å². The first kappa shape index (κ1) is 12.0. The lowest BCUT2D eigenvalue weighted by molar-refractivity contribution is 0.469. The number of nitrogens with one attached hydrogen (secondary N) is 1. The van der Waals surface area contributed by atoms with Gasteiger partial charge in [0.2, 0.25) is 0 Å². The molecule has 4 nitrogen and oxygen atoms in total. The molecule has 0 spiro atoms. The smallest absolute Gasteiger partial charge is 0.156 e. The fourth-order valence-corrected chi connectivity index (χ4v) is 1.48. The Balaban J connectivity index is 2.40. The summed E-state index contributed by atoms with van der Waals surface area (Å²) >= 11 is 0. The first-order valence-electron chi connectivity index (χ1n) is 5.31. The molecular weight excluding hydrogens is 233 g/mol. The quantitative estimate of drug-likeness (QED) is 0.645.